The van der Waals surface area contributed by atoms with E-state index in [0.29, 0.717) is 24.5 Å². The lowest BCUT2D eigenvalue weighted by molar-refractivity contribution is 0.110. The van der Waals surface area contributed by atoms with Crippen molar-refractivity contribution in [1.29, 1.82) is 0 Å². The van der Waals surface area contributed by atoms with Crippen LogP contribution in [0.25, 0.3) is 0 Å². The summed E-state index contributed by atoms with van der Waals surface area (Å²) in [6.45, 7) is 4.18. The van der Waals surface area contributed by atoms with Crippen LogP contribution in [0.5, 0.6) is 0 Å². The summed E-state index contributed by atoms with van der Waals surface area (Å²) < 4.78 is 5.53. The van der Waals surface area contributed by atoms with Crippen LogP contribution in [0.1, 0.15) is 43.6 Å². The van der Waals surface area contributed by atoms with Crippen molar-refractivity contribution >= 4 is 11.8 Å². The van der Waals surface area contributed by atoms with Gasteiger partial charge in [-0.05, 0) is 49.1 Å². The number of anilines is 1. The molecule has 0 saturated heterocycles. The zero-order valence-electron chi connectivity index (χ0n) is 12.9. The number of hydrogen-bond donors (Lipinski definition) is 0. The molecule has 0 radical (unpaired) electrons. The van der Waals surface area contributed by atoms with Crippen molar-refractivity contribution in [2.75, 3.05) is 11.5 Å². The van der Waals surface area contributed by atoms with E-state index in [4.69, 9.17) is 4.74 Å². The van der Waals surface area contributed by atoms with Gasteiger partial charge < -0.3 is 4.74 Å². The molecule has 4 atom stereocenters. The molecule has 1 aromatic carbocycles. The van der Waals surface area contributed by atoms with Gasteiger partial charge in [-0.1, -0.05) is 30.7 Å². The molecule has 0 N–H and O–H groups in total. The fourth-order valence-corrected chi connectivity index (χ4v) is 4.85. The maximum absolute atomic E-state index is 12.6. The van der Waals surface area contributed by atoms with Gasteiger partial charge in [0.1, 0.15) is 0 Å². The topological polar surface area (TPSA) is 29.5 Å². The van der Waals surface area contributed by atoms with Crippen LogP contribution in [0.4, 0.5) is 10.5 Å². The van der Waals surface area contributed by atoms with Crippen LogP contribution >= 0.6 is 0 Å². The third-order valence-electron chi connectivity index (χ3n) is 5.72. The number of para-hydroxylation sites is 1. The molecular weight excluding hydrogens is 274 g/mol. The molecule has 4 rings (SSSR count). The summed E-state index contributed by atoms with van der Waals surface area (Å²) in [6.07, 6.45) is 7.35. The van der Waals surface area contributed by atoms with Crippen molar-refractivity contribution < 1.29 is 9.53 Å². The molecule has 2 aliphatic carbocycles. The molecule has 116 valence electrons. The fraction of sp³-hybridized carbons (Fsp3) is 0.526. The second-order valence-electron chi connectivity index (χ2n) is 6.75. The zero-order valence-corrected chi connectivity index (χ0v) is 12.9. The molecular formula is C19H23NO2. The highest BCUT2D eigenvalue weighted by Crippen LogP contribution is 2.63. The maximum atomic E-state index is 12.6. The first-order valence-electron chi connectivity index (χ1n) is 8.48. The smallest absolute Gasteiger partial charge is 0.414 e. The number of nitrogens with zero attached hydrogens (tertiary/aromatic N) is 1. The minimum Gasteiger partial charge on any atom is -0.449 e. The van der Waals surface area contributed by atoms with Crippen LogP contribution in [-0.4, -0.2) is 18.7 Å². The first kappa shape index (κ1) is 13.9. The number of ether oxygens (including phenoxy) is 1. The van der Waals surface area contributed by atoms with E-state index >= 15 is 0 Å². The van der Waals surface area contributed by atoms with Gasteiger partial charge in [0.25, 0.3) is 0 Å². The van der Waals surface area contributed by atoms with Gasteiger partial charge in [-0.25, -0.2) is 4.79 Å². The van der Waals surface area contributed by atoms with Crippen LogP contribution in [-0.2, 0) is 4.74 Å². The summed E-state index contributed by atoms with van der Waals surface area (Å²) in [6, 6.07) is 8.74. The standard InChI is InChI=1S/C19H23NO2/c1-2-3-6-12-22-19(21)20-16-11-5-4-8-15(16)17-13-9-7-10-14(13)18(17)20/h2,4-5,8,11,13-14,17-18H,1,3,6-7,9-10,12H2/t13-,14+,17-,18-/m0/s1. The van der Waals surface area contributed by atoms with E-state index in [0.717, 1.165) is 24.4 Å². The van der Waals surface area contributed by atoms with Crippen molar-refractivity contribution in [1.82, 2.24) is 0 Å². The van der Waals surface area contributed by atoms with Crippen LogP contribution in [0.3, 0.4) is 0 Å². The molecule has 2 fully saturated rings. The van der Waals surface area contributed by atoms with Crippen LogP contribution in [0.15, 0.2) is 36.9 Å². The van der Waals surface area contributed by atoms with E-state index < -0.39 is 0 Å². The number of benzene rings is 1. The Balaban J connectivity index is 1.56. The Morgan fingerprint density at radius 2 is 2.14 bits per heavy atom. The predicted molar refractivity (Wildman–Crippen MR) is 87.1 cm³/mol. The van der Waals surface area contributed by atoms with Gasteiger partial charge >= 0.3 is 6.09 Å². The first-order valence-corrected chi connectivity index (χ1v) is 8.48. The molecule has 22 heavy (non-hydrogen) atoms. The van der Waals surface area contributed by atoms with Crippen LogP contribution in [0.2, 0.25) is 0 Å². The van der Waals surface area contributed by atoms with E-state index in [1.165, 1.54) is 24.8 Å². The Morgan fingerprint density at radius 1 is 1.32 bits per heavy atom. The summed E-state index contributed by atoms with van der Waals surface area (Å²) in [5.41, 5.74) is 2.44. The Morgan fingerprint density at radius 3 is 3.00 bits per heavy atom. The molecule has 1 aliphatic heterocycles. The average molecular weight is 297 g/mol. The molecule has 0 aromatic heterocycles. The highest BCUT2D eigenvalue weighted by molar-refractivity contribution is 5.92. The second kappa shape index (κ2) is 5.45. The van der Waals surface area contributed by atoms with Gasteiger partial charge in [-0.15, -0.1) is 6.58 Å². The van der Waals surface area contributed by atoms with Crippen molar-refractivity contribution in [3.8, 4) is 0 Å². The Hall–Kier alpha value is -1.77. The molecule has 1 aromatic rings. The summed E-state index contributed by atoms with van der Waals surface area (Å²) >= 11 is 0. The van der Waals surface area contributed by atoms with Gasteiger partial charge in [0.05, 0.1) is 18.3 Å². The Bertz CT molecular complexity index is 597. The number of allylic oxidation sites excluding steroid dienone is 1. The summed E-state index contributed by atoms with van der Waals surface area (Å²) in [4.78, 5) is 14.6. The monoisotopic (exact) mass is 297 g/mol. The molecule has 1 amide bonds. The van der Waals surface area contributed by atoms with Gasteiger partial charge in [-0.2, -0.15) is 0 Å². The SMILES string of the molecule is C=CCCCOC(=O)N1c2ccccc2[C@@H]2[C@H]3CCC[C@H]3[C@@H]21. The zero-order chi connectivity index (χ0) is 15.1. The van der Waals surface area contributed by atoms with Gasteiger partial charge in [-0.3, -0.25) is 4.90 Å². The van der Waals surface area contributed by atoms with Crippen LogP contribution < -0.4 is 4.90 Å². The largest absolute Gasteiger partial charge is 0.449 e. The summed E-state index contributed by atoms with van der Waals surface area (Å²) in [5, 5.41) is 0. The number of carbonyl (C=O) groups excluding carboxylic acids is 1. The minimum absolute atomic E-state index is 0.158. The van der Waals surface area contributed by atoms with E-state index in [2.05, 4.69) is 24.8 Å². The van der Waals surface area contributed by atoms with E-state index in [9.17, 15) is 4.79 Å². The molecule has 3 nitrogen and oxygen atoms in total. The second-order valence-corrected chi connectivity index (χ2v) is 6.75. The predicted octanol–water partition coefficient (Wildman–Crippen LogP) is 4.49. The molecule has 3 heteroatoms. The van der Waals surface area contributed by atoms with Gasteiger partial charge in [0, 0.05) is 5.92 Å². The Kier molecular flexibility index (Phi) is 3.44. The number of hydrogen-bond acceptors (Lipinski definition) is 2. The molecule has 0 bridgehead atoms. The maximum Gasteiger partial charge on any atom is 0.414 e. The fourth-order valence-electron chi connectivity index (χ4n) is 4.85. The van der Waals surface area contributed by atoms with Crippen molar-refractivity contribution in [3.63, 3.8) is 0 Å². The lowest BCUT2D eigenvalue weighted by Crippen LogP contribution is -2.54. The lowest BCUT2D eigenvalue weighted by Gasteiger charge is -2.47. The van der Waals surface area contributed by atoms with Crippen molar-refractivity contribution in [2.45, 2.75) is 44.1 Å². The minimum atomic E-state index is -0.158. The molecule has 0 unspecified atom stereocenters. The summed E-state index contributed by atoms with van der Waals surface area (Å²) in [7, 11) is 0. The third-order valence-corrected chi connectivity index (χ3v) is 5.72. The van der Waals surface area contributed by atoms with Crippen molar-refractivity contribution in [3.05, 3.63) is 42.5 Å². The number of amides is 1. The Labute approximate surface area is 132 Å². The van der Waals surface area contributed by atoms with E-state index in [1.807, 2.05) is 17.0 Å². The third kappa shape index (κ3) is 1.91. The van der Waals surface area contributed by atoms with E-state index in [1.54, 1.807) is 0 Å². The van der Waals surface area contributed by atoms with Gasteiger partial charge in [0.15, 0.2) is 0 Å². The molecule has 1 heterocycles. The van der Waals surface area contributed by atoms with E-state index in [-0.39, 0.29) is 6.09 Å². The molecule has 2 saturated carbocycles. The molecule has 3 aliphatic rings. The number of carbonyl (C=O) groups is 1. The first-order chi connectivity index (χ1) is 10.8. The van der Waals surface area contributed by atoms with Crippen LogP contribution in [0, 0.1) is 11.8 Å². The number of rotatable bonds is 4. The quantitative estimate of drug-likeness (QED) is 0.605. The average Bonchev–Trinajstić information content (AvgIpc) is 3.05. The molecule has 0 spiro atoms. The normalized spacial score (nSPS) is 31.0. The highest BCUT2D eigenvalue weighted by atomic mass is 16.6. The number of fused-ring (bicyclic) bond motifs is 6. The highest BCUT2D eigenvalue weighted by Gasteiger charge is 2.60. The van der Waals surface area contributed by atoms with Gasteiger partial charge in [0.2, 0.25) is 0 Å². The van der Waals surface area contributed by atoms with Crippen molar-refractivity contribution in [2.24, 2.45) is 11.8 Å². The summed E-state index contributed by atoms with van der Waals surface area (Å²) in [5.74, 6) is 2.01. The lowest BCUT2D eigenvalue weighted by atomic mass is 9.61. The number of unbranched alkanes of at least 4 members (excludes halogenated alkanes) is 1.